The van der Waals surface area contributed by atoms with Crippen molar-refractivity contribution in [2.45, 2.75) is 0 Å². The lowest BCUT2D eigenvalue weighted by Gasteiger charge is -2.06. The molecule has 0 fully saturated rings. The Hall–Kier alpha value is -1.71. The molecule has 1 rings (SSSR count). The third-order valence-corrected chi connectivity index (χ3v) is 1.38. The molecule has 0 bridgehead atoms. The van der Waals surface area contributed by atoms with Gasteiger partial charge in [0.2, 0.25) is 0 Å². The SMILES string of the molecule is [CH2]OC(=O)Oc1ccccc1OC. The van der Waals surface area contributed by atoms with Crippen LogP contribution in [0.25, 0.3) is 0 Å². The van der Waals surface area contributed by atoms with Crippen LogP contribution in [0.4, 0.5) is 4.79 Å². The third kappa shape index (κ3) is 2.37. The van der Waals surface area contributed by atoms with E-state index in [-0.39, 0.29) is 0 Å². The van der Waals surface area contributed by atoms with Crippen LogP contribution in [0.2, 0.25) is 0 Å². The molecule has 0 atom stereocenters. The van der Waals surface area contributed by atoms with E-state index in [9.17, 15) is 4.79 Å². The van der Waals surface area contributed by atoms with Crippen molar-refractivity contribution in [1.29, 1.82) is 0 Å². The lowest BCUT2D eigenvalue weighted by Crippen LogP contribution is -2.06. The van der Waals surface area contributed by atoms with Gasteiger partial charge in [0.1, 0.15) is 7.11 Å². The highest BCUT2D eigenvalue weighted by Crippen LogP contribution is 2.25. The molecule has 1 radical (unpaired) electrons. The highest BCUT2D eigenvalue weighted by Gasteiger charge is 2.07. The molecule has 0 amide bonds. The van der Waals surface area contributed by atoms with E-state index in [0.29, 0.717) is 11.5 Å². The van der Waals surface area contributed by atoms with E-state index in [1.54, 1.807) is 24.3 Å². The summed E-state index contributed by atoms with van der Waals surface area (Å²) in [5.41, 5.74) is 0. The molecule has 0 aliphatic heterocycles. The minimum absolute atomic E-state index is 0.304. The molecule has 0 heterocycles. The predicted octanol–water partition coefficient (Wildman–Crippen LogP) is 2.00. The first-order valence-corrected chi connectivity index (χ1v) is 3.54. The van der Waals surface area contributed by atoms with Crippen LogP contribution in [0.15, 0.2) is 24.3 Å². The van der Waals surface area contributed by atoms with Gasteiger partial charge in [-0.15, -0.1) is 0 Å². The number of rotatable bonds is 2. The van der Waals surface area contributed by atoms with Crippen molar-refractivity contribution in [2.24, 2.45) is 0 Å². The monoisotopic (exact) mass is 181 g/mol. The maximum Gasteiger partial charge on any atom is 0.514 e. The first-order valence-electron chi connectivity index (χ1n) is 3.54. The summed E-state index contributed by atoms with van der Waals surface area (Å²) in [4.78, 5) is 10.7. The molecule has 4 heteroatoms. The second kappa shape index (κ2) is 4.35. The van der Waals surface area contributed by atoms with Gasteiger partial charge in [0, 0.05) is 0 Å². The number of hydrogen-bond acceptors (Lipinski definition) is 4. The molecule has 0 saturated heterocycles. The molecule has 0 aliphatic rings. The number of para-hydroxylation sites is 2. The molecular weight excluding hydrogens is 172 g/mol. The maximum absolute atomic E-state index is 10.7. The number of hydrogen-bond donors (Lipinski definition) is 0. The highest BCUT2D eigenvalue weighted by molar-refractivity contribution is 5.65. The number of ether oxygens (including phenoxy) is 3. The van der Waals surface area contributed by atoms with Crippen LogP contribution in [0.1, 0.15) is 0 Å². The van der Waals surface area contributed by atoms with Gasteiger partial charge in [0.25, 0.3) is 0 Å². The van der Waals surface area contributed by atoms with E-state index in [2.05, 4.69) is 11.8 Å². The van der Waals surface area contributed by atoms with E-state index in [1.165, 1.54) is 7.11 Å². The summed E-state index contributed by atoms with van der Waals surface area (Å²) in [5.74, 6) is 0.770. The van der Waals surface area contributed by atoms with Crippen LogP contribution in [0.3, 0.4) is 0 Å². The van der Waals surface area contributed by atoms with Crippen molar-refractivity contribution < 1.29 is 19.0 Å². The Morgan fingerprint density at radius 3 is 2.46 bits per heavy atom. The highest BCUT2D eigenvalue weighted by atomic mass is 16.7. The van der Waals surface area contributed by atoms with Gasteiger partial charge >= 0.3 is 6.16 Å². The molecule has 0 N–H and O–H groups in total. The molecule has 1 aromatic carbocycles. The number of carbonyl (C=O) groups is 1. The largest absolute Gasteiger partial charge is 0.514 e. The molecule has 0 aromatic heterocycles. The zero-order chi connectivity index (χ0) is 9.68. The van der Waals surface area contributed by atoms with Gasteiger partial charge in [0.15, 0.2) is 11.5 Å². The Bertz CT molecular complexity index is 295. The lowest BCUT2D eigenvalue weighted by molar-refractivity contribution is 0.132. The standard InChI is InChI=1S/C9H9O4/c1-11-7-5-3-4-6-8(7)13-9(10)12-2/h3-6H,2H2,1H3. The topological polar surface area (TPSA) is 44.8 Å². The van der Waals surface area contributed by atoms with Gasteiger partial charge in [-0.3, -0.25) is 0 Å². The summed E-state index contributed by atoms with van der Waals surface area (Å²) in [6.07, 6.45) is -0.871. The summed E-state index contributed by atoms with van der Waals surface area (Å²) in [6.45, 7) is 0. The molecule has 13 heavy (non-hydrogen) atoms. The Kier molecular flexibility index (Phi) is 3.14. The minimum atomic E-state index is -0.871. The molecular formula is C9H9O4. The van der Waals surface area contributed by atoms with Gasteiger partial charge in [-0.1, -0.05) is 12.1 Å². The average molecular weight is 181 g/mol. The number of carbonyl (C=O) groups excluding carboxylic acids is 1. The fraction of sp³-hybridized carbons (Fsp3) is 0.111. The molecule has 0 spiro atoms. The lowest BCUT2D eigenvalue weighted by atomic mass is 10.3. The van der Waals surface area contributed by atoms with Crippen LogP contribution >= 0.6 is 0 Å². The van der Waals surface area contributed by atoms with Crippen LogP contribution in [-0.4, -0.2) is 13.3 Å². The van der Waals surface area contributed by atoms with E-state index in [0.717, 1.165) is 0 Å². The summed E-state index contributed by atoms with van der Waals surface area (Å²) in [6, 6.07) is 6.75. The van der Waals surface area contributed by atoms with Crippen molar-refractivity contribution in [3.05, 3.63) is 31.4 Å². The second-order valence-electron chi connectivity index (χ2n) is 2.15. The summed E-state index contributed by atoms with van der Waals surface area (Å²) in [5, 5.41) is 0. The van der Waals surface area contributed by atoms with Crippen molar-refractivity contribution in [2.75, 3.05) is 7.11 Å². The van der Waals surface area contributed by atoms with Crippen molar-refractivity contribution >= 4 is 6.16 Å². The smallest absolute Gasteiger partial charge is 0.493 e. The fourth-order valence-electron chi connectivity index (χ4n) is 0.822. The first kappa shape index (κ1) is 9.38. The number of methoxy groups -OCH3 is 1. The van der Waals surface area contributed by atoms with Crippen LogP contribution in [0.5, 0.6) is 11.5 Å². The third-order valence-electron chi connectivity index (χ3n) is 1.38. The molecule has 4 nitrogen and oxygen atoms in total. The quantitative estimate of drug-likeness (QED) is 0.517. The summed E-state index contributed by atoms with van der Waals surface area (Å²) in [7, 11) is 4.41. The molecule has 1 aromatic rings. The van der Waals surface area contributed by atoms with Crippen LogP contribution in [-0.2, 0) is 4.74 Å². The van der Waals surface area contributed by atoms with E-state index in [4.69, 9.17) is 9.47 Å². The maximum atomic E-state index is 10.7. The van der Waals surface area contributed by atoms with Crippen molar-refractivity contribution in [3.63, 3.8) is 0 Å². The fourth-order valence-corrected chi connectivity index (χ4v) is 0.822. The normalized spacial score (nSPS) is 9.08. The van der Waals surface area contributed by atoms with Gasteiger partial charge < -0.3 is 14.2 Å². The summed E-state index contributed by atoms with van der Waals surface area (Å²) < 4.78 is 13.8. The van der Waals surface area contributed by atoms with E-state index < -0.39 is 6.16 Å². The van der Waals surface area contributed by atoms with E-state index >= 15 is 0 Å². The van der Waals surface area contributed by atoms with Crippen molar-refractivity contribution in [1.82, 2.24) is 0 Å². The first-order chi connectivity index (χ1) is 6.27. The van der Waals surface area contributed by atoms with Gasteiger partial charge in [-0.25, -0.2) is 4.79 Å². The van der Waals surface area contributed by atoms with E-state index in [1.807, 2.05) is 0 Å². The minimum Gasteiger partial charge on any atom is -0.493 e. The predicted molar refractivity (Wildman–Crippen MR) is 45.5 cm³/mol. The van der Waals surface area contributed by atoms with Crippen LogP contribution in [0, 0.1) is 7.11 Å². The average Bonchev–Trinajstić information content (AvgIpc) is 2.18. The molecule has 0 unspecified atom stereocenters. The van der Waals surface area contributed by atoms with Gasteiger partial charge in [0.05, 0.1) is 7.11 Å². The Labute approximate surface area is 76.0 Å². The van der Waals surface area contributed by atoms with Crippen LogP contribution < -0.4 is 9.47 Å². The number of benzene rings is 1. The summed E-state index contributed by atoms with van der Waals surface area (Å²) >= 11 is 0. The molecule has 0 aliphatic carbocycles. The zero-order valence-corrected chi connectivity index (χ0v) is 7.15. The molecule has 69 valence electrons. The Morgan fingerprint density at radius 1 is 1.31 bits per heavy atom. The van der Waals surface area contributed by atoms with Crippen molar-refractivity contribution in [3.8, 4) is 11.5 Å². The van der Waals surface area contributed by atoms with Gasteiger partial charge in [-0.2, -0.15) is 0 Å². The second-order valence-corrected chi connectivity index (χ2v) is 2.15. The van der Waals surface area contributed by atoms with Gasteiger partial charge in [-0.05, 0) is 12.1 Å². The Balaban J connectivity index is 2.81. The Morgan fingerprint density at radius 2 is 1.92 bits per heavy atom. The molecule has 0 saturated carbocycles. The zero-order valence-electron chi connectivity index (χ0n) is 7.15.